The molecule has 2 aromatic carbocycles. The second kappa shape index (κ2) is 7.83. The summed E-state index contributed by atoms with van der Waals surface area (Å²) in [6.45, 7) is 0.985. The third-order valence-corrected chi connectivity index (χ3v) is 3.42. The van der Waals surface area contributed by atoms with Crippen molar-refractivity contribution in [1.29, 1.82) is 0 Å². The highest BCUT2D eigenvalue weighted by molar-refractivity contribution is 5.91. The molecule has 7 heteroatoms. The van der Waals surface area contributed by atoms with Gasteiger partial charge in [0.25, 0.3) is 5.91 Å². The average molecular weight is 351 g/mol. The number of esters is 1. The SMILES string of the molecule is Cc1ccc(C(=O)OCC(=O)NCc2ccccc2C(F)(F)F)cc1. The van der Waals surface area contributed by atoms with Gasteiger partial charge < -0.3 is 10.1 Å². The molecule has 0 saturated heterocycles. The highest BCUT2D eigenvalue weighted by atomic mass is 19.4. The summed E-state index contributed by atoms with van der Waals surface area (Å²) in [4.78, 5) is 23.5. The molecule has 0 aliphatic heterocycles. The fourth-order valence-electron chi connectivity index (χ4n) is 2.10. The van der Waals surface area contributed by atoms with Crippen LogP contribution in [0.25, 0.3) is 0 Å². The lowest BCUT2D eigenvalue weighted by atomic mass is 10.1. The van der Waals surface area contributed by atoms with Crippen molar-refractivity contribution in [3.8, 4) is 0 Å². The van der Waals surface area contributed by atoms with Gasteiger partial charge in [-0.2, -0.15) is 13.2 Å². The van der Waals surface area contributed by atoms with Crippen molar-refractivity contribution in [2.45, 2.75) is 19.6 Å². The molecule has 0 unspecified atom stereocenters. The standard InChI is InChI=1S/C18H16F3NO3/c1-12-6-8-13(9-7-12)17(24)25-11-16(23)22-10-14-4-2-3-5-15(14)18(19,20)21/h2-9H,10-11H2,1H3,(H,22,23). The molecule has 0 atom stereocenters. The molecule has 0 aromatic heterocycles. The molecule has 0 aliphatic carbocycles. The van der Waals surface area contributed by atoms with E-state index in [0.29, 0.717) is 5.56 Å². The van der Waals surface area contributed by atoms with Gasteiger partial charge in [0.1, 0.15) is 0 Å². The van der Waals surface area contributed by atoms with Crippen molar-refractivity contribution in [2.75, 3.05) is 6.61 Å². The van der Waals surface area contributed by atoms with E-state index in [2.05, 4.69) is 5.32 Å². The molecular formula is C18H16F3NO3. The molecule has 132 valence electrons. The lowest BCUT2D eigenvalue weighted by Crippen LogP contribution is -2.29. The zero-order valence-corrected chi connectivity index (χ0v) is 13.4. The molecule has 2 aromatic rings. The molecule has 4 nitrogen and oxygen atoms in total. The minimum atomic E-state index is -4.50. The molecule has 0 fully saturated rings. The number of benzene rings is 2. The van der Waals surface area contributed by atoms with E-state index < -0.39 is 30.2 Å². The predicted octanol–water partition coefficient (Wildman–Crippen LogP) is 3.49. The lowest BCUT2D eigenvalue weighted by Gasteiger charge is -2.13. The van der Waals surface area contributed by atoms with Gasteiger partial charge in [-0.15, -0.1) is 0 Å². The zero-order chi connectivity index (χ0) is 18.4. The zero-order valence-electron chi connectivity index (χ0n) is 13.4. The number of rotatable bonds is 5. The summed E-state index contributed by atoms with van der Waals surface area (Å²) in [6.07, 6.45) is -4.50. The number of alkyl halides is 3. The van der Waals surface area contributed by atoms with Crippen LogP contribution in [0.3, 0.4) is 0 Å². The van der Waals surface area contributed by atoms with E-state index in [1.807, 2.05) is 6.92 Å². The Bertz CT molecular complexity index is 755. The summed E-state index contributed by atoms with van der Waals surface area (Å²) in [5.41, 5.74) is 0.388. The molecule has 2 rings (SSSR count). The Labute approximate surface area is 142 Å². The van der Waals surface area contributed by atoms with Gasteiger partial charge in [0.2, 0.25) is 0 Å². The molecule has 0 aliphatic rings. The number of nitrogens with one attached hydrogen (secondary N) is 1. The van der Waals surface area contributed by atoms with E-state index in [-0.39, 0.29) is 12.1 Å². The molecule has 0 radical (unpaired) electrons. The van der Waals surface area contributed by atoms with Gasteiger partial charge in [0, 0.05) is 6.54 Å². The van der Waals surface area contributed by atoms with Crippen molar-refractivity contribution in [3.63, 3.8) is 0 Å². The third kappa shape index (κ3) is 5.34. The van der Waals surface area contributed by atoms with Gasteiger partial charge in [-0.3, -0.25) is 4.79 Å². The largest absolute Gasteiger partial charge is 0.452 e. The molecule has 1 N–H and O–H groups in total. The Balaban J connectivity index is 1.87. The van der Waals surface area contributed by atoms with E-state index >= 15 is 0 Å². The first-order valence-corrected chi connectivity index (χ1v) is 7.43. The number of hydrogen-bond acceptors (Lipinski definition) is 3. The van der Waals surface area contributed by atoms with Crippen LogP contribution in [0.4, 0.5) is 13.2 Å². The summed E-state index contributed by atoms with van der Waals surface area (Å²) < 4.78 is 43.4. The summed E-state index contributed by atoms with van der Waals surface area (Å²) in [5, 5.41) is 2.31. The Hall–Kier alpha value is -2.83. The number of carbonyl (C=O) groups excluding carboxylic acids is 2. The maximum Gasteiger partial charge on any atom is 0.416 e. The molecule has 25 heavy (non-hydrogen) atoms. The van der Waals surface area contributed by atoms with Gasteiger partial charge in [-0.05, 0) is 30.7 Å². The van der Waals surface area contributed by atoms with Crippen LogP contribution in [0.1, 0.15) is 27.0 Å². The van der Waals surface area contributed by atoms with Crippen LogP contribution in [0.2, 0.25) is 0 Å². The van der Waals surface area contributed by atoms with E-state index in [9.17, 15) is 22.8 Å². The van der Waals surface area contributed by atoms with Crippen LogP contribution in [0.15, 0.2) is 48.5 Å². The minimum absolute atomic E-state index is 0.0618. The maximum absolute atomic E-state index is 12.9. The van der Waals surface area contributed by atoms with Crippen LogP contribution in [-0.4, -0.2) is 18.5 Å². The first kappa shape index (κ1) is 18.5. The van der Waals surface area contributed by atoms with E-state index in [1.54, 1.807) is 24.3 Å². The summed E-state index contributed by atoms with van der Waals surface area (Å²) >= 11 is 0. The molecule has 1 amide bonds. The van der Waals surface area contributed by atoms with Crippen molar-refractivity contribution in [3.05, 3.63) is 70.8 Å². The third-order valence-electron chi connectivity index (χ3n) is 3.42. The van der Waals surface area contributed by atoms with E-state index in [4.69, 9.17) is 4.74 Å². The van der Waals surface area contributed by atoms with E-state index in [1.165, 1.54) is 18.2 Å². The number of halogens is 3. The number of amides is 1. The Morgan fingerprint density at radius 1 is 1.04 bits per heavy atom. The van der Waals surface area contributed by atoms with Crippen LogP contribution in [0.5, 0.6) is 0 Å². The maximum atomic E-state index is 12.9. The van der Waals surface area contributed by atoms with Crippen molar-refractivity contribution >= 4 is 11.9 Å². The molecule has 0 saturated carbocycles. The van der Waals surface area contributed by atoms with Crippen LogP contribution < -0.4 is 5.32 Å². The van der Waals surface area contributed by atoms with Crippen LogP contribution in [-0.2, 0) is 22.3 Å². The smallest absolute Gasteiger partial charge is 0.416 e. The average Bonchev–Trinajstić information content (AvgIpc) is 2.58. The van der Waals surface area contributed by atoms with Crippen molar-refractivity contribution in [2.24, 2.45) is 0 Å². The molecule has 0 heterocycles. The number of hydrogen-bond donors (Lipinski definition) is 1. The van der Waals surface area contributed by atoms with Gasteiger partial charge in [0.15, 0.2) is 6.61 Å². The van der Waals surface area contributed by atoms with Gasteiger partial charge >= 0.3 is 12.1 Å². The topological polar surface area (TPSA) is 55.4 Å². The van der Waals surface area contributed by atoms with Crippen molar-refractivity contribution < 1.29 is 27.5 Å². The number of carbonyl (C=O) groups is 2. The minimum Gasteiger partial charge on any atom is -0.452 e. The first-order valence-electron chi connectivity index (χ1n) is 7.43. The molecule has 0 spiro atoms. The number of aryl methyl sites for hydroxylation is 1. The second-order valence-electron chi connectivity index (χ2n) is 5.37. The quantitative estimate of drug-likeness (QED) is 0.839. The second-order valence-corrected chi connectivity index (χ2v) is 5.37. The van der Waals surface area contributed by atoms with Gasteiger partial charge in [-0.25, -0.2) is 4.79 Å². The van der Waals surface area contributed by atoms with Gasteiger partial charge in [-0.1, -0.05) is 35.9 Å². The lowest BCUT2D eigenvalue weighted by molar-refractivity contribution is -0.138. The fourth-order valence-corrected chi connectivity index (χ4v) is 2.10. The van der Waals surface area contributed by atoms with Gasteiger partial charge in [0.05, 0.1) is 11.1 Å². The highest BCUT2D eigenvalue weighted by Crippen LogP contribution is 2.31. The predicted molar refractivity (Wildman–Crippen MR) is 84.8 cm³/mol. The Morgan fingerprint density at radius 3 is 2.32 bits per heavy atom. The Kier molecular flexibility index (Phi) is 5.80. The first-order chi connectivity index (χ1) is 11.8. The molecule has 0 bridgehead atoms. The summed E-state index contributed by atoms with van der Waals surface area (Å²) in [6, 6.07) is 11.5. The number of ether oxygens (including phenoxy) is 1. The van der Waals surface area contributed by atoms with Crippen molar-refractivity contribution in [1.82, 2.24) is 5.32 Å². The summed E-state index contributed by atoms with van der Waals surface area (Å²) in [5.74, 6) is -1.36. The fraction of sp³-hybridized carbons (Fsp3) is 0.222. The highest BCUT2D eigenvalue weighted by Gasteiger charge is 2.32. The Morgan fingerprint density at radius 2 is 1.68 bits per heavy atom. The normalized spacial score (nSPS) is 11.0. The monoisotopic (exact) mass is 351 g/mol. The van der Waals surface area contributed by atoms with Crippen LogP contribution >= 0.6 is 0 Å². The summed E-state index contributed by atoms with van der Waals surface area (Å²) in [7, 11) is 0. The van der Waals surface area contributed by atoms with Crippen LogP contribution in [0, 0.1) is 6.92 Å². The van der Waals surface area contributed by atoms with E-state index in [0.717, 1.165) is 11.6 Å². The molecular weight excluding hydrogens is 335 g/mol.